The van der Waals surface area contributed by atoms with Gasteiger partial charge < -0.3 is 0 Å². The van der Waals surface area contributed by atoms with Crippen LogP contribution in [0.1, 0.15) is 13.3 Å². The van der Waals surface area contributed by atoms with E-state index < -0.39 is 8.26 Å². The molecule has 0 aromatic heterocycles. The molecule has 0 heterocycles. The number of halogens is 3. The molecule has 0 saturated heterocycles. The molecule has 2 nitrogen and oxygen atoms in total. The van der Waals surface area contributed by atoms with Crippen molar-refractivity contribution < 1.29 is 8.42 Å². The third-order valence-electron chi connectivity index (χ3n) is 0.189. The predicted octanol–water partition coefficient (Wildman–Crippen LogP) is 2.34. The number of rotatable bonds is 1. The van der Waals surface area contributed by atoms with Gasteiger partial charge in [0, 0.05) is 27.2 Å². The summed E-state index contributed by atoms with van der Waals surface area (Å²) in [6.07, 6.45) is 1.08. The molecule has 9 heavy (non-hydrogen) atoms. The lowest BCUT2D eigenvalue weighted by Gasteiger charge is -1.65. The van der Waals surface area contributed by atoms with Gasteiger partial charge in [0.15, 0.2) is 0 Å². The van der Waals surface area contributed by atoms with Crippen LogP contribution in [0.15, 0.2) is 0 Å². The Morgan fingerprint density at radius 3 is 1.44 bits per heavy atom. The van der Waals surface area contributed by atoms with Crippen molar-refractivity contribution in [2.75, 3.05) is 5.88 Å². The molecular formula is C3H7Cl3O2S. The van der Waals surface area contributed by atoms with Gasteiger partial charge in [-0.3, -0.25) is 0 Å². The first-order valence-corrected chi connectivity index (χ1v) is 5.79. The second-order valence-electron chi connectivity index (χ2n) is 1.07. The molecule has 0 aliphatic carbocycles. The Balaban J connectivity index is 0. The molecule has 0 aliphatic rings. The minimum atomic E-state index is -3.72. The van der Waals surface area contributed by atoms with E-state index in [0.29, 0.717) is 0 Å². The minimum Gasteiger partial charge on any atom is -0.195 e. The standard InChI is InChI=1S/C3H7Cl.Cl2O2S/c1-2-3-4;1-5(2,3)4/h2-3H2,1H3;. The molecule has 0 radical (unpaired) electrons. The number of hydrogen-bond acceptors (Lipinski definition) is 2. The van der Waals surface area contributed by atoms with Crippen LogP contribution < -0.4 is 0 Å². The van der Waals surface area contributed by atoms with E-state index in [9.17, 15) is 0 Å². The highest BCUT2D eigenvalue weighted by Crippen LogP contribution is 1.98. The molecule has 0 saturated carbocycles. The maximum atomic E-state index is 9.16. The van der Waals surface area contributed by atoms with Crippen molar-refractivity contribution >= 4 is 41.2 Å². The average Bonchev–Trinajstić information content (AvgIpc) is 1.61. The van der Waals surface area contributed by atoms with Crippen molar-refractivity contribution in [1.82, 2.24) is 0 Å². The smallest absolute Gasteiger partial charge is 0.195 e. The van der Waals surface area contributed by atoms with Crippen LogP contribution in [0.5, 0.6) is 0 Å². The first kappa shape index (κ1) is 12.5. The molecule has 0 unspecified atom stereocenters. The molecule has 0 aliphatic heterocycles. The molecular weight excluding hydrogens is 206 g/mol. The van der Waals surface area contributed by atoms with Crippen LogP contribution >= 0.6 is 33.0 Å². The summed E-state index contributed by atoms with van der Waals surface area (Å²) >= 11 is 5.19. The zero-order valence-electron chi connectivity index (χ0n) is 4.77. The van der Waals surface area contributed by atoms with Gasteiger partial charge >= 0.3 is 8.26 Å². The molecule has 0 spiro atoms. The van der Waals surface area contributed by atoms with E-state index in [1.165, 1.54) is 0 Å². The lowest BCUT2D eigenvalue weighted by molar-refractivity contribution is 0.621. The molecule has 0 aromatic carbocycles. The van der Waals surface area contributed by atoms with Gasteiger partial charge in [-0.05, 0) is 6.42 Å². The second-order valence-corrected chi connectivity index (χ2v) is 5.11. The highest BCUT2D eigenvalue weighted by molar-refractivity contribution is 8.31. The molecule has 0 amide bonds. The summed E-state index contributed by atoms with van der Waals surface area (Å²) in [5.74, 6) is 0.792. The third kappa shape index (κ3) is 124. The Labute approximate surface area is 69.0 Å². The van der Waals surface area contributed by atoms with Gasteiger partial charge in [0.1, 0.15) is 0 Å². The second kappa shape index (κ2) is 6.93. The molecule has 6 heteroatoms. The summed E-state index contributed by atoms with van der Waals surface area (Å²) in [5.41, 5.74) is 0. The fraction of sp³-hybridized carbons (Fsp3) is 1.00. The van der Waals surface area contributed by atoms with Crippen LogP contribution in [-0.4, -0.2) is 14.3 Å². The molecule has 0 atom stereocenters. The van der Waals surface area contributed by atoms with Gasteiger partial charge in [0.05, 0.1) is 0 Å². The topological polar surface area (TPSA) is 34.1 Å². The van der Waals surface area contributed by atoms with E-state index >= 15 is 0 Å². The van der Waals surface area contributed by atoms with E-state index in [0.717, 1.165) is 12.3 Å². The Kier molecular flexibility index (Phi) is 9.62. The van der Waals surface area contributed by atoms with Crippen molar-refractivity contribution in [1.29, 1.82) is 0 Å². The lowest BCUT2D eigenvalue weighted by Crippen LogP contribution is -1.63. The van der Waals surface area contributed by atoms with Gasteiger partial charge in [-0.1, -0.05) is 6.92 Å². The van der Waals surface area contributed by atoms with Gasteiger partial charge in [-0.25, -0.2) is 0 Å². The Bertz CT molecular complexity index is 120. The largest absolute Gasteiger partial charge is 0.317 e. The normalized spacial score (nSPS) is 9.78. The summed E-state index contributed by atoms with van der Waals surface area (Å²) in [6, 6.07) is 0. The van der Waals surface area contributed by atoms with Crippen LogP contribution in [0.2, 0.25) is 0 Å². The summed E-state index contributed by atoms with van der Waals surface area (Å²) < 4.78 is 18.3. The van der Waals surface area contributed by atoms with Crippen molar-refractivity contribution in [2.45, 2.75) is 13.3 Å². The summed E-state index contributed by atoms with van der Waals surface area (Å²) in [4.78, 5) is 0. The Hall–Kier alpha value is 0.820. The molecule has 0 N–H and O–H groups in total. The number of alkyl halides is 1. The van der Waals surface area contributed by atoms with Crippen LogP contribution in [-0.2, 0) is 8.26 Å². The zero-order chi connectivity index (χ0) is 7.91. The minimum absolute atomic E-state index is 0.792. The zero-order valence-corrected chi connectivity index (χ0v) is 7.86. The maximum Gasteiger partial charge on any atom is 0.317 e. The van der Waals surface area contributed by atoms with Gasteiger partial charge in [0.25, 0.3) is 0 Å². The SMILES string of the molecule is CCCCl.O=S(=O)(Cl)Cl. The maximum absolute atomic E-state index is 9.16. The summed E-state index contributed by atoms with van der Waals surface area (Å²) in [5, 5.41) is 0. The van der Waals surface area contributed by atoms with Crippen molar-refractivity contribution in [3.63, 3.8) is 0 Å². The van der Waals surface area contributed by atoms with Crippen LogP contribution in [0.25, 0.3) is 0 Å². The van der Waals surface area contributed by atoms with Crippen molar-refractivity contribution in [2.24, 2.45) is 0 Å². The molecule has 58 valence electrons. The highest BCUT2D eigenvalue weighted by atomic mass is 36.0. The molecule has 0 aromatic rings. The fourth-order valence-electron chi connectivity index (χ4n) is 0. The van der Waals surface area contributed by atoms with Gasteiger partial charge in [-0.15, -0.1) is 11.6 Å². The van der Waals surface area contributed by atoms with Crippen LogP contribution in [0.3, 0.4) is 0 Å². The monoisotopic (exact) mass is 212 g/mol. The lowest BCUT2D eigenvalue weighted by atomic mass is 10.6. The van der Waals surface area contributed by atoms with Crippen LogP contribution in [0, 0.1) is 0 Å². The predicted molar refractivity (Wildman–Crippen MR) is 41.6 cm³/mol. The number of hydrogen-bond donors (Lipinski definition) is 0. The molecule has 0 fully saturated rings. The Morgan fingerprint density at radius 2 is 1.44 bits per heavy atom. The Morgan fingerprint density at radius 1 is 1.33 bits per heavy atom. The van der Waals surface area contributed by atoms with Gasteiger partial charge in [0.2, 0.25) is 0 Å². The summed E-state index contributed by atoms with van der Waals surface area (Å²) in [6.45, 7) is 2.05. The van der Waals surface area contributed by atoms with E-state index in [4.69, 9.17) is 20.0 Å². The van der Waals surface area contributed by atoms with Gasteiger partial charge in [-0.2, -0.15) is 8.42 Å². The average molecular weight is 214 g/mol. The molecule has 0 rings (SSSR count). The first-order valence-electron chi connectivity index (χ1n) is 2.12. The van der Waals surface area contributed by atoms with E-state index in [-0.39, 0.29) is 0 Å². The fourth-order valence-corrected chi connectivity index (χ4v) is 0. The van der Waals surface area contributed by atoms with Crippen LogP contribution in [0.4, 0.5) is 0 Å². The first-order chi connectivity index (χ1) is 3.91. The quantitative estimate of drug-likeness (QED) is 0.495. The van der Waals surface area contributed by atoms with Crippen molar-refractivity contribution in [3.8, 4) is 0 Å². The van der Waals surface area contributed by atoms with E-state index in [1.54, 1.807) is 0 Å². The van der Waals surface area contributed by atoms with Crippen molar-refractivity contribution in [3.05, 3.63) is 0 Å². The highest BCUT2D eigenvalue weighted by Gasteiger charge is 1.88. The van der Waals surface area contributed by atoms with E-state index in [2.05, 4.69) is 21.4 Å². The van der Waals surface area contributed by atoms with E-state index in [1.807, 2.05) is 6.92 Å². The molecule has 0 bridgehead atoms. The summed E-state index contributed by atoms with van der Waals surface area (Å²) in [7, 11) is 4.81. The third-order valence-corrected chi connectivity index (χ3v) is 0.567.